The molecule has 0 N–H and O–H groups in total. The molecule has 0 spiro atoms. The fourth-order valence-electron chi connectivity index (χ4n) is 2.73. The van der Waals surface area contributed by atoms with Crippen LogP contribution in [0.25, 0.3) is 11.1 Å². The molecular formula is C15H12BrCl. The molecule has 2 aromatic rings. The van der Waals surface area contributed by atoms with Gasteiger partial charge in [-0.2, -0.15) is 0 Å². The van der Waals surface area contributed by atoms with E-state index in [4.69, 9.17) is 11.6 Å². The molecule has 0 heterocycles. The van der Waals surface area contributed by atoms with Gasteiger partial charge in [0.05, 0.1) is 0 Å². The van der Waals surface area contributed by atoms with Crippen molar-refractivity contribution in [2.45, 2.75) is 19.3 Å². The molecule has 0 saturated heterocycles. The van der Waals surface area contributed by atoms with E-state index in [1.807, 2.05) is 6.07 Å². The lowest BCUT2D eigenvalue weighted by molar-refractivity contribution is 0.660. The Morgan fingerprint density at radius 1 is 1.06 bits per heavy atom. The van der Waals surface area contributed by atoms with Crippen molar-refractivity contribution in [3.05, 3.63) is 57.0 Å². The number of benzene rings is 2. The van der Waals surface area contributed by atoms with E-state index in [1.54, 1.807) is 0 Å². The predicted octanol–water partition coefficient (Wildman–Crippen LogP) is 5.41. The van der Waals surface area contributed by atoms with Gasteiger partial charge in [0.2, 0.25) is 0 Å². The lowest BCUT2D eigenvalue weighted by Crippen LogP contribution is -2.14. The summed E-state index contributed by atoms with van der Waals surface area (Å²) in [7, 11) is 0. The molecule has 0 saturated carbocycles. The molecule has 0 unspecified atom stereocenters. The van der Waals surface area contributed by atoms with Gasteiger partial charge in [0.15, 0.2) is 0 Å². The zero-order valence-electron chi connectivity index (χ0n) is 9.72. The van der Waals surface area contributed by atoms with Gasteiger partial charge in [-0.05, 0) is 28.8 Å². The second kappa shape index (κ2) is 3.60. The average Bonchev–Trinajstić information content (AvgIpc) is 2.49. The second-order valence-corrected chi connectivity index (χ2v) is 6.27. The van der Waals surface area contributed by atoms with Crippen LogP contribution in [-0.2, 0) is 5.41 Å². The highest BCUT2D eigenvalue weighted by Crippen LogP contribution is 2.51. The molecule has 1 aliphatic carbocycles. The Hall–Kier alpha value is -0.790. The van der Waals surface area contributed by atoms with Crippen molar-refractivity contribution >= 4 is 27.5 Å². The zero-order valence-corrected chi connectivity index (χ0v) is 12.1. The maximum atomic E-state index is 6.17. The third kappa shape index (κ3) is 1.49. The Morgan fingerprint density at radius 3 is 2.53 bits per heavy atom. The van der Waals surface area contributed by atoms with E-state index in [9.17, 15) is 0 Å². The van der Waals surface area contributed by atoms with Crippen molar-refractivity contribution in [3.8, 4) is 11.1 Å². The molecule has 86 valence electrons. The number of halogens is 2. The molecule has 0 amide bonds. The van der Waals surface area contributed by atoms with E-state index >= 15 is 0 Å². The molecule has 0 radical (unpaired) electrons. The van der Waals surface area contributed by atoms with E-state index in [0.29, 0.717) is 0 Å². The summed E-state index contributed by atoms with van der Waals surface area (Å²) in [5, 5.41) is 0.788. The molecule has 1 aliphatic rings. The van der Waals surface area contributed by atoms with Crippen LogP contribution in [0.1, 0.15) is 25.0 Å². The first-order chi connectivity index (χ1) is 8.01. The fourth-order valence-corrected chi connectivity index (χ4v) is 3.76. The lowest BCUT2D eigenvalue weighted by atomic mass is 9.82. The lowest BCUT2D eigenvalue weighted by Gasteiger charge is -2.21. The van der Waals surface area contributed by atoms with Crippen molar-refractivity contribution in [1.29, 1.82) is 0 Å². The first-order valence-corrected chi connectivity index (χ1v) is 6.78. The van der Waals surface area contributed by atoms with Crippen LogP contribution in [0, 0.1) is 0 Å². The summed E-state index contributed by atoms with van der Waals surface area (Å²) in [5.41, 5.74) is 5.31. The van der Waals surface area contributed by atoms with Gasteiger partial charge in [-0.15, -0.1) is 0 Å². The molecular weight excluding hydrogens is 296 g/mol. The molecule has 0 fully saturated rings. The van der Waals surface area contributed by atoms with Gasteiger partial charge >= 0.3 is 0 Å². The molecule has 2 aromatic carbocycles. The average molecular weight is 308 g/mol. The van der Waals surface area contributed by atoms with Crippen LogP contribution in [0.3, 0.4) is 0 Å². The highest BCUT2D eigenvalue weighted by molar-refractivity contribution is 9.10. The molecule has 3 rings (SSSR count). The van der Waals surface area contributed by atoms with E-state index in [-0.39, 0.29) is 5.41 Å². The van der Waals surface area contributed by atoms with E-state index in [1.165, 1.54) is 22.3 Å². The Balaban J connectivity index is 2.44. The minimum Gasteiger partial charge on any atom is -0.0843 e. The summed E-state index contributed by atoms with van der Waals surface area (Å²) in [6.07, 6.45) is 0. The fraction of sp³-hybridized carbons (Fsp3) is 0.200. The largest absolute Gasteiger partial charge is 0.0843 e. The van der Waals surface area contributed by atoms with Crippen LogP contribution >= 0.6 is 27.5 Å². The normalized spacial score (nSPS) is 15.5. The predicted molar refractivity (Wildman–Crippen MR) is 76.7 cm³/mol. The minimum absolute atomic E-state index is 0.0271. The van der Waals surface area contributed by atoms with Gasteiger partial charge in [0.25, 0.3) is 0 Å². The van der Waals surface area contributed by atoms with Gasteiger partial charge < -0.3 is 0 Å². The number of hydrogen-bond donors (Lipinski definition) is 0. The Morgan fingerprint density at radius 2 is 1.76 bits per heavy atom. The minimum atomic E-state index is 0.0271. The molecule has 0 aliphatic heterocycles. The van der Waals surface area contributed by atoms with Gasteiger partial charge in [0.1, 0.15) is 0 Å². The van der Waals surface area contributed by atoms with Gasteiger partial charge in [-0.1, -0.05) is 65.6 Å². The summed E-state index contributed by atoms with van der Waals surface area (Å²) in [5.74, 6) is 0. The first-order valence-electron chi connectivity index (χ1n) is 5.61. The topological polar surface area (TPSA) is 0 Å². The van der Waals surface area contributed by atoms with Crippen LogP contribution in [0.2, 0.25) is 5.02 Å². The number of rotatable bonds is 0. The smallest absolute Gasteiger partial charge is 0.0420 e. The summed E-state index contributed by atoms with van der Waals surface area (Å²) in [6, 6.07) is 12.6. The van der Waals surface area contributed by atoms with Gasteiger partial charge in [0, 0.05) is 20.5 Å². The van der Waals surface area contributed by atoms with Crippen molar-refractivity contribution in [2.75, 3.05) is 0 Å². The maximum absolute atomic E-state index is 6.17. The highest BCUT2D eigenvalue weighted by atomic mass is 79.9. The molecule has 17 heavy (non-hydrogen) atoms. The third-order valence-electron chi connectivity index (χ3n) is 3.60. The Bertz CT molecular complexity index is 614. The SMILES string of the molecule is CC1(C)c2ccccc2-c2c(Br)cc(Cl)cc21. The Kier molecular flexibility index (Phi) is 2.39. The van der Waals surface area contributed by atoms with Gasteiger partial charge in [-0.3, -0.25) is 0 Å². The van der Waals surface area contributed by atoms with Crippen LogP contribution in [0.15, 0.2) is 40.9 Å². The van der Waals surface area contributed by atoms with Crippen molar-refractivity contribution in [1.82, 2.24) is 0 Å². The molecule has 2 heteroatoms. The monoisotopic (exact) mass is 306 g/mol. The standard InChI is InChI=1S/C15H12BrCl/c1-15(2)11-6-4-3-5-10(11)14-12(15)7-9(17)8-13(14)16/h3-8H,1-2H3. The van der Waals surface area contributed by atoms with Crippen LogP contribution in [-0.4, -0.2) is 0 Å². The quantitative estimate of drug-likeness (QED) is 0.610. The third-order valence-corrected chi connectivity index (χ3v) is 4.44. The van der Waals surface area contributed by atoms with Gasteiger partial charge in [-0.25, -0.2) is 0 Å². The molecule has 0 bridgehead atoms. The van der Waals surface area contributed by atoms with E-state index in [0.717, 1.165) is 9.50 Å². The van der Waals surface area contributed by atoms with Crippen LogP contribution < -0.4 is 0 Å². The maximum Gasteiger partial charge on any atom is 0.0420 e. The summed E-state index contributed by atoms with van der Waals surface area (Å²) in [6.45, 7) is 4.50. The molecule has 0 aromatic heterocycles. The summed E-state index contributed by atoms with van der Waals surface area (Å²) in [4.78, 5) is 0. The first kappa shape index (κ1) is 11.3. The van der Waals surface area contributed by atoms with Crippen LogP contribution in [0.4, 0.5) is 0 Å². The van der Waals surface area contributed by atoms with Crippen molar-refractivity contribution in [2.24, 2.45) is 0 Å². The number of fused-ring (bicyclic) bond motifs is 3. The van der Waals surface area contributed by atoms with Crippen molar-refractivity contribution < 1.29 is 0 Å². The Labute approximate surface area is 115 Å². The van der Waals surface area contributed by atoms with E-state index in [2.05, 4.69) is 60.1 Å². The summed E-state index contributed by atoms with van der Waals surface area (Å²) < 4.78 is 1.08. The summed E-state index contributed by atoms with van der Waals surface area (Å²) >= 11 is 9.80. The van der Waals surface area contributed by atoms with Crippen molar-refractivity contribution in [3.63, 3.8) is 0 Å². The van der Waals surface area contributed by atoms with E-state index < -0.39 is 0 Å². The molecule has 0 nitrogen and oxygen atoms in total. The zero-order chi connectivity index (χ0) is 12.2. The number of hydrogen-bond acceptors (Lipinski definition) is 0. The second-order valence-electron chi connectivity index (χ2n) is 4.98. The molecule has 0 atom stereocenters. The van der Waals surface area contributed by atoms with Crippen LogP contribution in [0.5, 0.6) is 0 Å². The highest BCUT2D eigenvalue weighted by Gasteiger charge is 2.36.